The van der Waals surface area contributed by atoms with E-state index < -0.39 is 0 Å². The van der Waals surface area contributed by atoms with Gasteiger partial charge in [-0.25, -0.2) is 4.39 Å². The van der Waals surface area contributed by atoms with E-state index in [1.54, 1.807) is 0 Å². The van der Waals surface area contributed by atoms with Crippen molar-refractivity contribution >= 4 is 0 Å². The molecule has 1 unspecified atom stereocenters. The number of halogens is 1. The van der Waals surface area contributed by atoms with E-state index in [-0.39, 0.29) is 5.82 Å². The van der Waals surface area contributed by atoms with Crippen LogP contribution in [0.4, 0.5) is 4.39 Å². The Labute approximate surface area is 120 Å². The van der Waals surface area contributed by atoms with Gasteiger partial charge in [-0.05, 0) is 59.6 Å². The Bertz CT molecular complexity index is 583. The van der Waals surface area contributed by atoms with Crippen LogP contribution in [0.25, 0.3) is 11.1 Å². The van der Waals surface area contributed by atoms with E-state index >= 15 is 0 Å². The molecule has 0 N–H and O–H groups in total. The normalized spacial score (nSPS) is 17.8. The van der Waals surface area contributed by atoms with Crippen molar-refractivity contribution in [1.29, 1.82) is 0 Å². The van der Waals surface area contributed by atoms with Crippen molar-refractivity contribution in [3.8, 4) is 11.1 Å². The highest BCUT2D eigenvalue weighted by atomic mass is 19.1. The average Bonchev–Trinajstić information content (AvgIpc) is 2.48. The molecule has 104 valence electrons. The number of hydrogen-bond donors (Lipinski definition) is 0. The van der Waals surface area contributed by atoms with Crippen molar-refractivity contribution in [1.82, 2.24) is 0 Å². The highest BCUT2D eigenvalue weighted by molar-refractivity contribution is 5.65. The van der Waals surface area contributed by atoms with E-state index in [0.717, 1.165) is 11.5 Å². The van der Waals surface area contributed by atoms with Gasteiger partial charge in [0.1, 0.15) is 5.82 Å². The summed E-state index contributed by atoms with van der Waals surface area (Å²) in [5.41, 5.74) is 5.31. The largest absolute Gasteiger partial charge is 0.207 e. The summed E-state index contributed by atoms with van der Waals surface area (Å²) in [6, 6.07) is 13.5. The smallest absolute Gasteiger partial charge is 0.123 e. The van der Waals surface area contributed by atoms with Crippen LogP contribution >= 0.6 is 0 Å². The molecule has 2 aromatic rings. The zero-order valence-electron chi connectivity index (χ0n) is 12.0. The van der Waals surface area contributed by atoms with Gasteiger partial charge in [0, 0.05) is 0 Å². The Kier molecular flexibility index (Phi) is 3.86. The van der Waals surface area contributed by atoms with E-state index in [1.165, 1.54) is 60.9 Å². The fraction of sp³-hybridized carbons (Fsp3) is 0.368. The Morgan fingerprint density at radius 2 is 1.75 bits per heavy atom. The standard InChI is InChI=1S/C19H21F/c1-2-3-14-4-5-18-13-17(7-6-16(18)12-14)15-8-10-19(20)11-9-15/h6-11,13-14H,2-5,12H2,1H3. The average molecular weight is 268 g/mol. The lowest BCUT2D eigenvalue weighted by molar-refractivity contribution is 0.423. The van der Waals surface area contributed by atoms with Gasteiger partial charge in [-0.3, -0.25) is 0 Å². The molecule has 0 aromatic heterocycles. The second-order valence-corrected chi connectivity index (χ2v) is 5.89. The van der Waals surface area contributed by atoms with Crippen molar-refractivity contribution in [2.24, 2.45) is 5.92 Å². The minimum absolute atomic E-state index is 0.172. The van der Waals surface area contributed by atoms with Crippen LogP contribution in [0.5, 0.6) is 0 Å². The summed E-state index contributed by atoms with van der Waals surface area (Å²) in [6.07, 6.45) is 6.36. The summed E-state index contributed by atoms with van der Waals surface area (Å²) in [5.74, 6) is 0.693. The third-order valence-corrected chi connectivity index (χ3v) is 4.41. The summed E-state index contributed by atoms with van der Waals surface area (Å²) in [5, 5.41) is 0. The quantitative estimate of drug-likeness (QED) is 0.699. The molecular weight excluding hydrogens is 247 g/mol. The molecule has 0 aliphatic heterocycles. The topological polar surface area (TPSA) is 0 Å². The first-order valence-corrected chi connectivity index (χ1v) is 7.64. The molecule has 0 fully saturated rings. The first-order valence-electron chi connectivity index (χ1n) is 7.64. The van der Waals surface area contributed by atoms with Crippen molar-refractivity contribution in [2.45, 2.75) is 39.0 Å². The molecule has 0 spiro atoms. The Morgan fingerprint density at radius 3 is 2.50 bits per heavy atom. The SMILES string of the molecule is CCCC1CCc2cc(-c3ccc(F)cc3)ccc2C1. The third-order valence-electron chi connectivity index (χ3n) is 4.41. The van der Waals surface area contributed by atoms with Crippen LogP contribution in [-0.2, 0) is 12.8 Å². The van der Waals surface area contributed by atoms with Gasteiger partial charge in [0.15, 0.2) is 0 Å². The molecule has 0 amide bonds. The summed E-state index contributed by atoms with van der Waals surface area (Å²) in [7, 11) is 0. The second-order valence-electron chi connectivity index (χ2n) is 5.89. The number of fused-ring (bicyclic) bond motifs is 1. The molecule has 2 aromatic carbocycles. The lowest BCUT2D eigenvalue weighted by Crippen LogP contribution is -2.14. The van der Waals surface area contributed by atoms with Crippen molar-refractivity contribution < 1.29 is 4.39 Å². The van der Waals surface area contributed by atoms with Crippen LogP contribution in [0.2, 0.25) is 0 Å². The Hall–Kier alpha value is -1.63. The Morgan fingerprint density at radius 1 is 1.00 bits per heavy atom. The van der Waals surface area contributed by atoms with Gasteiger partial charge in [-0.2, -0.15) is 0 Å². The summed E-state index contributed by atoms with van der Waals surface area (Å²) < 4.78 is 13.0. The zero-order valence-corrected chi connectivity index (χ0v) is 12.0. The van der Waals surface area contributed by atoms with Crippen LogP contribution in [0.1, 0.15) is 37.3 Å². The molecule has 0 saturated carbocycles. The van der Waals surface area contributed by atoms with Crippen molar-refractivity contribution in [3.63, 3.8) is 0 Å². The maximum atomic E-state index is 13.0. The molecule has 20 heavy (non-hydrogen) atoms. The maximum absolute atomic E-state index is 13.0. The van der Waals surface area contributed by atoms with Gasteiger partial charge in [0.2, 0.25) is 0 Å². The predicted molar refractivity (Wildman–Crippen MR) is 82.3 cm³/mol. The molecule has 3 rings (SSSR count). The van der Waals surface area contributed by atoms with Gasteiger partial charge in [-0.15, -0.1) is 0 Å². The highest BCUT2D eigenvalue weighted by Gasteiger charge is 2.18. The van der Waals surface area contributed by atoms with Crippen LogP contribution in [-0.4, -0.2) is 0 Å². The van der Waals surface area contributed by atoms with Crippen LogP contribution in [0, 0.1) is 11.7 Å². The maximum Gasteiger partial charge on any atom is 0.123 e. The van der Waals surface area contributed by atoms with E-state index in [4.69, 9.17) is 0 Å². The van der Waals surface area contributed by atoms with Crippen LogP contribution < -0.4 is 0 Å². The van der Waals surface area contributed by atoms with Crippen molar-refractivity contribution in [3.05, 3.63) is 59.4 Å². The summed E-state index contributed by atoms with van der Waals surface area (Å²) in [6.45, 7) is 2.27. The second kappa shape index (κ2) is 5.78. The molecule has 1 aliphatic carbocycles. The highest BCUT2D eigenvalue weighted by Crippen LogP contribution is 2.31. The molecule has 1 heteroatoms. The van der Waals surface area contributed by atoms with Crippen LogP contribution in [0.15, 0.2) is 42.5 Å². The van der Waals surface area contributed by atoms with E-state index in [1.807, 2.05) is 12.1 Å². The first kappa shape index (κ1) is 13.4. The lowest BCUT2D eigenvalue weighted by atomic mass is 9.81. The summed E-state index contributed by atoms with van der Waals surface area (Å²) in [4.78, 5) is 0. The van der Waals surface area contributed by atoms with Crippen molar-refractivity contribution in [2.75, 3.05) is 0 Å². The molecular formula is C19H21F. The molecule has 0 bridgehead atoms. The fourth-order valence-corrected chi connectivity index (χ4v) is 3.31. The molecule has 0 nitrogen and oxygen atoms in total. The molecule has 0 saturated heterocycles. The minimum atomic E-state index is -0.172. The van der Waals surface area contributed by atoms with Gasteiger partial charge in [0.05, 0.1) is 0 Å². The Balaban J connectivity index is 1.85. The van der Waals surface area contributed by atoms with Crippen LogP contribution in [0.3, 0.4) is 0 Å². The fourth-order valence-electron chi connectivity index (χ4n) is 3.31. The first-order chi connectivity index (χ1) is 9.76. The molecule has 0 heterocycles. The van der Waals surface area contributed by atoms with E-state index in [0.29, 0.717) is 0 Å². The monoisotopic (exact) mass is 268 g/mol. The van der Waals surface area contributed by atoms with Gasteiger partial charge < -0.3 is 0 Å². The number of rotatable bonds is 3. The summed E-state index contributed by atoms with van der Waals surface area (Å²) >= 11 is 0. The van der Waals surface area contributed by atoms with Gasteiger partial charge in [-0.1, -0.05) is 50.1 Å². The van der Waals surface area contributed by atoms with Gasteiger partial charge >= 0.3 is 0 Å². The van der Waals surface area contributed by atoms with E-state index in [9.17, 15) is 4.39 Å². The number of hydrogen-bond acceptors (Lipinski definition) is 0. The third kappa shape index (κ3) is 2.77. The molecule has 0 radical (unpaired) electrons. The minimum Gasteiger partial charge on any atom is -0.207 e. The predicted octanol–water partition coefficient (Wildman–Crippen LogP) is 5.40. The van der Waals surface area contributed by atoms with Gasteiger partial charge in [0.25, 0.3) is 0 Å². The number of aryl methyl sites for hydroxylation is 1. The molecule has 1 atom stereocenters. The molecule has 1 aliphatic rings. The number of benzene rings is 2. The lowest BCUT2D eigenvalue weighted by Gasteiger charge is -2.24. The zero-order chi connectivity index (χ0) is 13.9. The van der Waals surface area contributed by atoms with E-state index in [2.05, 4.69) is 25.1 Å².